The number of carbonyl (C=O) groups is 4. The molecule has 0 bridgehead atoms. The number of methoxy groups -OCH3 is 1. The molecule has 1 saturated heterocycles. The number of esters is 1. The number of piperazine rings is 1. The van der Waals surface area contributed by atoms with E-state index in [1.54, 1.807) is 38.1 Å². The van der Waals surface area contributed by atoms with E-state index in [0.29, 0.717) is 0 Å². The van der Waals surface area contributed by atoms with E-state index in [1.165, 1.54) is 7.11 Å². The van der Waals surface area contributed by atoms with E-state index < -0.39 is 29.9 Å². The Hall–Kier alpha value is -2.90. The first-order chi connectivity index (χ1) is 12.4. The third-order valence-corrected chi connectivity index (χ3v) is 4.09. The quantitative estimate of drug-likeness (QED) is 0.577. The van der Waals surface area contributed by atoms with Gasteiger partial charge in [-0.15, -0.1) is 0 Å². The number of imide groups is 1. The average Bonchev–Trinajstić information content (AvgIpc) is 2.64. The number of hydrogen-bond acceptors (Lipinski definition) is 6. The fourth-order valence-corrected chi connectivity index (χ4v) is 2.77. The highest BCUT2D eigenvalue weighted by Gasteiger charge is 2.43. The summed E-state index contributed by atoms with van der Waals surface area (Å²) in [5.74, 6) is -2.77. The Morgan fingerprint density at radius 1 is 1.08 bits per heavy atom. The molecule has 3 amide bonds. The number of nitrogens with zero attached hydrogens (tertiary/aromatic N) is 2. The highest BCUT2D eigenvalue weighted by Crippen LogP contribution is 2.18. The van der Waals surface area contributed by atoms with Crippen LogP contribution in [0.3, 0.4) is 0 Å². The van der Waals surface area contributed by atoms with Gasteiger partial charge in [0, 0.05) is 6.54 Å². The molecule has 0 aromatic heterocycles. The first-order valence-electron chi connectivity index (χ1n) is 8.27. The second-order valence-electron chi connectivity index (χ2n) is 6.21. The van der Waals surface area contributed by atoms with E-state index in [1.807, 2.05) is 6.07 Å². The van der Waals surface area contributed by atoms with Crippen LogP contribution in [-0.4, -0.2) is 59.9 Å². The Balaban J connectivity index is 2.03. The molecule has 0 aliphatic carbocycles. The van der Waals surface area contributed by atoms with Crippen LogP contribution in [-0.2, 0) is 30.5 Å². The van der Waals surface area contributed by atoms with E-state index in [2.05, 4.69) is 0 Å². The van der Waals surface area contributed by atoms with Crippen molar-refractivity contribution < 1.29 is 28.7 Å². The predicted octanol–water partition coefficient (Wildman–Crippen LogP) is 1.19. The smallest absolute Gasteiger partial charge is 0.417 e. The summed E-state index contributed by atoms with van der Waals surface area (Å²) in [7, 11) is 1.22. The van der Waals surface area contributed by atoms with Gasteiger partial charge in [0.1, 0.15) is 12.6 Å². The van der Waals surface area contributed by atoms with Crippen LogP contribution in [0.2, 0.25) is 0 Å². The molecule has 2 rings (SSSR count). The predicted molar refractivity (Wildman–Crippen MR) is 90.7 cm³/mol. The molecule has 8 heteroatoms. The van der Waals surface area contributed by atoms with Crippen LogP contribution >= 0.6 is 0 Å². The Morgan fingerprint density at radius 2 is 1.73 bits per heavy atom. The minimum Gasteiger partial charge on any atom is -0.467 e. The van der Waals surface area contributed by atoms with Crippen LogP contribution in [0.4, 0.5) is 4.79 Å². The van der Waals surface area contributed by atoms with Gasteiger partial charge < -0.3 is 14.4 Å². The second kappa shape index (κ2) is 8.46. The maximum atomic E-state index is 12.4. The molecular formula is C18H22N2O6. The molecular weight excluding hydrogens is 340 g/mol. The fraction of sp³-hybridized carbons (Fsp3) is 0.444. The summed E-state index contributed by atoms with van der Waals surface area (Å²) in [6.45, 7) is 3.50. The number of benzene rings is 1. The fourth-order valence-electron chi connectivity index (χ4n) is 2.77. The van der Waals surface area contributed by atoms with Crippen molar-refractivity contribution in [1.29, 1.82) is 0 Å². The maximum Gasteiger partial charge on any atom is 0.417 e. The van der Waals surface area contributed by atoms with Gasteiger partial charge in [0.15, 0.2) is 0 Å². The zero-order chi connectivity index (χ0) is 19.3. The van der Waals surface area contributed by atoms with E-state index in [-0.39, 0.29) is 25.6 Å². The first kappa shape index (κ1) is 19.4. The number of rotatable bonds is 5. The third kappa shape index (κ3) is 4.19. The molecule has 1 aliphatic heterocycles. The Bertz CT molecular complexity index is 688. The monoisotopic (exact) mass is 362 g/mol. The Kier molecular flexibility index (Phi) is 6.32. The molecule has 26 heavy (non-hydrogen) atoms. The number of amides is 3. The molecule has 1 aliphatic rings. The zero-order valence-corrected chi connectivity index (χ0v) is 15.0. The van der Waals surface area contributed by atoms with Crippen LogP contribution in [0.15, 0.2) is 30.3 Å². The summed E-state index contributed by atoms with van der Waals surface area (Å²) in [6.07, 6.45) is -0.883. The summed E-state index contributed by atoms with van der Waals surface area (Å²) in [4.78, 5) is 50.7. The highest BCUT2D eigenvalue weighted by molar-refractivity contribution is 6.38. The van der Waals surface area contributed by atoms with Gasteiger partial charge in [-0.05, 0) is 11.5 Å². The molecule has 0 spiro atoms. The van der Waals surface area contributed by atoms with Gasteiger partial charge in [0.05, 0.1) is 13.7 Å². The van der Waals surface area contributed by atoms with Crippen molar-refractivity contribution in [2.75, 3.05) is 20.2 Å². The molecule has 0 N–H and O–H groups in total. The molecule has 140 valence electrons. The van der Waals surface area contributed by atoms with Crippen LogP contribution in [0.5, 0.6) is 0 Å². The summed E-state index contributed by atoms with van der Waals surface area (Å²) in [6, 6.07) is 8.12. The lowest BCUT2D eigenvalue weighted by atomic mass is 10.0. The molecule has 8 nitrogen and oxygen atoms in total. The van der Waals surface area contributed by atoms with Crippen LogP contribution in [0.25, 0.3) is 0 Å². The van der Waals surface area contributed by atoms with Crippen molar-refractivity contribution in [3.8, 4) is 0 Å². The van der Waals surface area contributed by atoms with E-state index in [9.17, 15) is 19.2 Å². The molecule has 1 heterocycles. The lowest BCUT2D eigenvalue weighted by molar-refractivity contribution is -0.163. The molecule has 0 unspecified atom stereocenters. The second-order valence-corrected chi connectivity index (χ2v) is 6.21. The molecule has 1 aromatic carbocycles. The van der Waals surface area contributed by atoms with E-state index in [4.69, 9.17) is 9.47 Å². The summed E-state index contributed by atoms with van der Waals surface area (Å²) >= 11 is 0. The lowest BCUT2D eigenvalue weighted by Crippen LogP contribution is -2.61. The van der Waals surface area contributed by atoms with Crippen LogP contribution < -0.4 is 0 Å². The summed E-state index contributed by atoms with van der Waals surface area (Å²) in [5, 5.41) is 0. The topological polar surface area (TPSA) is 93.2 Å². The molecule has 0 saturated carbocycles. The minimum atomic E-state index is -1.01. The van der Waals surface area contributed by atoms with Gasteiger partial charge in [-0.2, -0.15) is 0 Å². The molecule has 1 atom stereocenters. The highest BCUT2D eigenvalue weighted by atomic mass is 16.6. The standard InChI is InChI=1S/C18H22N2O6/c1-12(2)14(17(23)25-3)19-9-10-20(16(22)15(19)21)18(24)26-11-13-7-5-4-6-8-13/h4-8,12,14H,9-11H2,1-3H3/t14-/m0/s1. The van der Waals surface area contributed by atoms with Gasteiger partial charge in [0.25, 0.3) is 0 Å². The van der Waals surface area contributed by atoms with Gasteiger partial charge in [-0.1, -0.05) is 44.2 Å². The average molecular weight is 362 g/mol. The maximum absolute atomic E-state index is 12.4. The minimum absolute atomic E-state index is 0.00185. The third-order valence-electron chi connectivity index (χ3n) is 4.09. The zero-order valence-electron chi connectivity index (χ0n) is 15.0. The molecule has 1 aromatic rings. The largest absolute Gasteiger partial charge is 0.467 e. The molecule has 1 fully saturated rings. The first-order valence-corrected chi connectivity index (χ1v) is 8.27. The SMILES string of the molecule is COC(=O)[C@H](C(C)C)N1CCN(C(=O)OCc2ccccc2)C(=O)C1=O. The van der Waals surface area contributed by atoms with Gasteiger partial charge in [-0.25, -0.2) is 14.5 Å². The molecule has 0 radical (unpaired) electrons. The van der Waals surface area contributed by atoms with Crippen molar-refractivity contribution in [1.82, 2.24) is 9.80 Å². The number of hydrogen-bond donors (Lipinski definition) is 0. The van der Waals surface area contributed by atoms with Crippen molar-refractivity contribution in [2.24, 2.45) is 5.92 Å². The Morgan fingerprint density at radius 3 is 2.31 bits per heavy atom. The van der Waals surface area contributed by atoms with Crippen LogP contribution in [0.1, 0.15) is 19.4 Å². The van der Waals surface area contributed by atoms with Crippen molar-refractivity contribution in [3.63, 3.8) is 0 Å². The van der Waals surface area contributed by atoms with Crippen molar-refractivity contribution in [2.45, 2.75) is 26.5 Å². The van der Waals surface area contributed by atoms with Crippen molar-refractivity contribution in [3.05, 3.63) is 35.9 Å². The number of carbonyl (C=O) groups excluding carboxylic acids is 4. The normalized spacial score (nSPS) is 15.8. The van der Waals surface area contributed by atoms with E-state index in [0.717, 1.165) is 15.4 Å². The van der Waals surface area contributed by atoms with Gasteiger partial charge in [-0.3, -0.25) is 9.59 Å². The number of ether oxygens (including phenoxy) is 2. The summed E-state index contributed by atoms with van der Waals surface area (Å²) < 4.78 is 9.82. The van der Waals surface area contributed by atoms with Gasteiger partial charge in [0.2, 0.25) is 0 Å². The Labute approximate surface area is 151 Å². The van der Waals surface area contributed by atoms with E-state index >= 15 is 0 Å². The lowest BCUT2D eigenvalue weighted by Gasteiger charge is -2.37. The van der Waals surface area contributed by atoms with Crippen molar-refractivity contribution >= 4 is 23.9 Å². The van der Waals surface area contributed by atoms with Crippen LogP contribution in [0, 0.1) is 5.92 Å². The summed E-state index contributed by atoms with van der Waals surface area (Å²) in [5.41, 5.74) is 0.767. The van der Waals surface area contributed by atoms with Gasteiger partial charge >= 0.3 is 23.9 Å².